The Labute approximate surface area is 247 Å². The zero-order valence-corrected chi connectivity index (χ0v) is 25.7. The number of hydrogen-bond donors (Lipinski definition) is 1. The molecule has 0 aliphatic carbocycles. The molecule has 2 aromatic heterocycles. The van der Waals surface area contributed by atoms with Gasteiger partial charge >= 0.3 is 5.97 Å². The molecule has 0 amide bonds. The first kappa shape index (κ1) is 34.5. The number of pyridine rings is 1. The molecule has 0 saturated heterocycles. The van der Waals surface area contributed by atoms with E-state index in [1.54, 1.807) is 37.9 Å². The van der Waals surface area contributed by atoms with Gasteiger partial charge in [-0.3, -0.25) is 4.79 Å². The van der Waals surface area contributed by atoms with Gasteiger partial charge in [-0.25, -0.2) is 8.42 Å². The van der Waals surface area contributed by atoms with Gasteiger partial charge < -0.3 is 33.4 Å². The van der Waals surface area contributed by atoms with E-state index in [4.69, 9.17) is 9.52 Å². The summed E-state index contributed by atoms with van der Waals surface area (Å²) < 4.78 is 42.5. The topological polar surface area (TPSA) is 155 Å². The summed E-state index contributed by atoms with van der Waals surface area (Å²) in [7, 11) is 0.820. The van der Waals surface area contributed by atoms with E-state index in [1.807, 2.05) is 24.3 Å². The summed E-state index contributed by atoms with van der Waals surface area (Å²) in [6.45, 7) is 6.54. The van der Waals surface area contributed by atoms with E-state index in [0.29, 0.717) is 41.7 Å². The van der Waals surface area contributed by atoms with Crippen molar-refractivity contribution < 1.29 is 46.2 Å². The van der Waals surface area contributed by atoms with Crippen LogP contribution in [0.5, 0.6) is 0 Å². The Morgan fingerprint density at radius 3 is 2.26 bits per heavy atom. The SMILES string of the molecule is CCN(CC)c1ccc2cc(/C=C/c3ccc(S(=O)(=O)[O-])c[n+]3CCCCCC(=O)O)oc2c1.C[N+](C)(C)CC(=O)[O-]. The minimum atomic E-state index is -4.58. The molecule has 42 heavy (non-hydrogen) atoms. The quantitative estimate of drug-likeness (QED) is 0.127. The van der Waals surface area contributed by atoms with Crippen molar-refractivity contribution >= 4 is 50.9 Å². The summed E-state index contributed by atoms with van der Waals surface area (Å²) in [6, 6.07) is 10.9. The van der Waals surface area contributed by atoms with E-state index < -0.39 is 22.1 Å². The number of hydrogen-bond acceptors (Lipinski definition) is 8. The fourth-order valence-corrected chi connectivity index (χ4v) is 4.72. The predicted octanol–water partition coefficient (Wildman–Crippen LogP) is 2.73. The maximum Gasteiger partial charge on any atom is 0.303 e. The largest absolute Gasteiger partial charge is 0.744 e. The summed E-state index contributed by atoms with van der Waals surface area (Å²) in [5, 5.41) is 19.6. The van der Waals surface area contributed by atoms with Gasteiger partial charge in [-0.15, -0.1) is 0 Å². The van der Waals surface area contributed by atoms with Crippen LogP contribution in [0.4, 0.5) is 5.69 Å². The standard InChI is InChI=1S/C25H30N2O6S.C5H11NO2/c1-3-26(4-2)21-10-9-19-16-22(33-24(19)17-21)13-11-20-12-14-23(34(30,31)32)18-27(20)15-7-5-6-8-25(28)29;1-6(2,3)4-5(7)8/h9-14,16-18H,3-8,15H2,1-2H3,(H-,28,29,30,31,32);4H2,1-3H3. The lowest BCUT2D eigenvalue weighted by molar-refractivity contribution is -0.864. The minimum Gasteiger partial charge on any atom is -0.744 e. The molecule has 0 aliphatic heterocycles. The molecule has 0 atom stereocenters. The minimum absolute atomic E-state index is 0.0694. The van der Waals surface area contributed by atoms with Gasteiger partial charge in [0.05, 0.1) is 27.1 Å². The summed E-state index contributed by atoms with van der Waals surface area (Å²) >= 11 is 0. The first-order valence-electron chi connectivity index (χ1n) is 13.8. The average Bonchev–Trinajstić information content (AvgIpc) is 3.29. The van der Waals surface area contributed by atoms with Crippen LogP contribution in [0.2, 0.25) is 0 Å². The molecule has 230 valence electrons. The Kier molecular flexibility index (Phi) is 12.7. The number of carboxylic acids is 2. The third kappa shape index (κ3) is 11.6. The van der Waals surface area contributed by atoms with Gasteiger partial charge in [0.1, 0.15) is 39.4 Å². The van der Waals surface area contributed by atoms with Crippen molar-refractivity contribution in [3.05, 3.63) is 54.0 Å². The predicted molar refractivity (Wildman–Crippen MR) is 157 cm³/mol. The maximum absolute atomic E-state index is 11.5. The first-order valence-corrected chi connectivity index (χ1v) is 15.2. The first-order chi connectivity index (χ1) is 19.6. The van der Waals surface area contributed by atoms with Crippen molar-refractivity contribution in [1.29, 1.82) is 0 Å². The third-order valence-corrected chi connectivity index (χ3v) is 7.10. The van der Waals surface area contributed by atoms with Crippen molar-refractivity contribution in [2.75, 3.05) is 45.7 Å². The lowest BCUT2D eigenvalue weighted by Gasteiger charge is -2.23. The number of carbonyl (C=O) groups excluding carboxylic acids is 1. The number of quaternary nitrogens is 1. The summed E-state index contributed by atoms with van der Waals surface area (Å²) in [6.07, 6.45) is 6.90. The molecule has 1 aromatic carbocycles. The van der Waals surface area contributed by atoms with E-state index in [-0.39, 0.29) is 17.9 Å². The lowest BCUT2D eigenvalue weighted by Crippen LogP contribution is -2.45. The van der Waals surface area contributed by atoms with Crippen molar-refractivity contribution in [3.8, 4) is 0 Å². The number of aryl methyl sites for hydroxylation is 1. The maximum atomic E-state index is 11.5. The molecule has 0 bridgehead atoms. The van der Waals surface area contributed by atoms with Gasteiger partial charge in [0, 0.05) is 55.2 Å². The van der Waals surface area contributed by atoms with Crippen LogP contribution in [0.3, 0.4) is 0 Å². The smallest absolute Gasteiger partial charge is 0.303 e. The molecule has 0 fully saturated rings. The second-order valence-corrected chi connectivity index (χ2v) is 12.2. The van der Waals surface area contributed by atoms with E-state index in [1.165, 1.54) is 12.3 Å². The Morgan fingerprint density at radius 1 is 1.02 bits per heavy atom. The van der Waals surface area contributed by atoms with E-state index in [0.717, 1.165) is 29.7 Å². The van der Waals surface area contributed by atoms with Gasteiger partial charge in [0.25, 0.3) is 0 Å². The van der Waals surface area contributed by atoms with Gasteiger partial charge in [-0.1, -0.05) is 0 Å². The summed E-state index contributed by atoms with van der Waals surface area (Å²) in [4.78, 5) is 22.5. The fraction of sp³-hybridized carbons (Fsp3) is 0.433. The van der Waals surface area contributed by atoms with E-state index in [9.17, 15) is 27.7 Å². The number of carbonyl (C=O) groups is 2. The number of likely N-dealkylation sites (N-methyl/N-ethyl adjacent to an activating group) is 1. The molecule has 0 unspecified atom stereocenters. The average molecular weight is 604 g/mol. The summed E-state index contributed by atoms with van der Waals surface area (Å²) in [5.41, 5.74) is 2.58. The van der Waals surface area contributed by atoms with Crippen molar-refractivity contribution in [2.24, 2.45) is 0 Å². The number of furan rings is 1. The third-order valence-electron chi connectivity index (χ3n) is 6.28. The van der Waals surface area contributed by atoms with Crippen LogP contribution in [-0.2, 0) is 26.3 Å². The molecule has 0 spiro atoms. The number of unbranched alkanes of at least 4 members (excludes halogenated alkanes) is 2. The van der Waals surface area contributed by atoms with Crippen LogP contribution >= 0.6 is 0 Å². The second kappa shape index (κ2) is 15.5. The molecule has 2 heterocycles. The monoisotopic (exact) mass is 603 g/mol. The molecule has 11 nitrogen and oxygen atoms in total. The van der Waals surface area contributed by atoms with Crippen molar-refractivity contribution in [2.45, 2.75) is 51.0 Å². The van der Waals surface area contributed by atoms with Gasteiger partial charge in [0.2, 0.25) is 5.69 Å². The fourth-order valence-electron chi connectivity index (χ4n) is 4.23. The Bertz CT molecular complexity index is 1490. The van der Waals surface area contributed by atoms with E-state index >= 15 is 0 Å². The number of aromatic nitrogens is 1. The highest BCUT2D eigenvalue weighted by molar-refractivity contribution is 7.85. The van der Waals surface area contributed by atoms with Crippen LogP contribution in [0.15, 0.2) is 51.9 Å². The van der Waals surface area contributed by atoms with Crippen LogP contribution in [0.1, 0.15) is 51.0 Å². The lowest BCUT2D eigenvalue weighted by atomic mass is 10.2. The molecular weight excluding hydrogens is 562 g/mol. The molecule has 1 N–H and O–H groups in total. The Morgan fingerprint density at radius 2 is 1.71 bits per heavy atom. The number of anilines is 1. The Balaban J connectivity index is 0.000000675. The van der Waals surface area contributed by atoms with Crippen LogP contribution in [0, 0.1) is 0 Å². The molecule has 3 rings (SSSR count). The number of benzene rings is 1. The van der Waals surface area contributed by atoms with Crippen molar-refractivity contribution in [3.63, 3.8) is 0 Å². The molecule has 0 aliphatic rings. The number of rotatable bonds is 14. The number of aliphatic carboxylic acids is 2. The van der Waals surface area contributed by atoms with Gasteiger partial charge in [-0.2, -0.15) is 4.57 Å². The molecule has 12 heteroatoms. The van der Waals surface area contributed by atoms with Gasteiger partial charge in [0.15, 0.2) is 6.20 Å². The van der Waals surface area contributed by atoms with Crippen LogP contribution < -0.4 is 14.6 Å². The second-order valence-electron chi connectivity index (χ2n) is 10.8. The zero-order chi connectivity index (χ0) is 31.5. The van der Waals surface area contributed by atoms with Crippen LogP contribution in [0.25, 0.3) is 23.1 Å². The highest BCUT2D eigenvalue weighted by atomic mass is 32.2. The van der Waals surface area contributed by atoms with Gasteiger partial charge in [-0.05, 0) is 57.0 Å². The number of fused-ring (bicyclic) bond motifs is 1. The molecule has 3 aromatic rings. The molecule has 0 radical (unpaired) electrons. The molecule has 0 saturated carbocycles. The number of carboxylic acid groups (broad SMARTS) is 2. The van der Waals surface area contributed by atoms with E-state index in [2.05, 4.69) is 24.8 Å². The normalized spacial score (nSPS) is 11.9. The van der Waals surface area contributed by atoms with Crippen LogP contribution in [-0.4, -0.2) is 75.3 Å². The Hall–Kier alpha value is -3.74. The molecular formula is C30H41N3O8S. The highest BCUT2D eigenvalue weighted by Gasteiger charge is 2.14. The summed E-state index contributed by atoms with van der Waals surface area (Å²) in [5.74, 6) is -1.19. The highest BCUT2D eigenvalue weighted by Crippen LogP contribution is 2.26. The zero-order valence-electron chi connectivity index (χ0n) is 24.9. The van der Waals surface area contributed by atoms with Crippen molar-refractivity contribution in [1.82, 2.24) is 0 Å². The number of nitrogens with zero attached hydrogens (tertiary/aromatic N) is 3.